The van der Waals surface area contributed by atoms with E-state index in [0.29, 0.717) is 12.0 Å². The summed E-state index contributed by atoms with van der Waals surface area (Å²) in [6.07, 6.45) is 2.24. The molecule has 1 N–H and O–H groups in total. The van der Waals surface area contributed by atoms with E-state index in [-0.39, 0.29) is 16.6 Å². The smallest absolute Gasteiger partial charge is 0.270 e. The number of unbranched alkanes of at least 4 members (excludes halogenated alkanes) is 1. The number of nitrogens with zero attached hydrogens (tertiary/aromatic N) is 2. The number of rotatable bonds is 6. The number of amidine groups is 1. The fraction of sp³-hybridized carbons (Fsp3) is 0.467. The van der Waals surface area contributed by atoms with Crippen LogP contribution in [0.25, 0.3) is 0 Å². The first-order valence-electron chi connectivity index (χ1n) is 7.42. The van der Waals surface area contributed by atoms with Crippen molar-refractivity contribution in [2.24, 2.45) is 4.99 Å². The summed E-state index contributed by atoms with van der Waals surface area (Å²) in [5.74, 6) is -0.100. The SMILES string of the molecule is CCCC[C@@H](N=C1NS(=O)(=O)c2ccccc21)C(=O)N(C)OC. The molecule has 0 fully saturated rings. The lowest BCUT2D eigenvalue weighted by Crippen LogP contribution is -2.36. The van der Waals surface area contributed by atoms with Crippen LogP contribution in [0.4, 0.5) is 0 Å². The van der Waals surface area contributed by atoms with E-state index in [4.69, 9.17) is 4.84 Å². The fourth-order valence-electron chi connectivity index (χ4n) is 2.33. The van der Waals surface area contributed by atoms with Crippen molar-refractivity contribution in [1.82, 2.24) is 9.79 Å². The van der Waals surface area contributed by atoms with E-state index in [1.54, 1.807) is 18.2 Å². The molecule has 0 aromatic heterocycles. The molecule has 0 aliphatic carbocycles. The van der Waals surface area contributed by atoms with Gasteiger partial charge >= 0.3 is 0 Å². The van der Waals surface area contributed by atoms with Gasteiger partial charge in [0.15, 0.2) is 0 Å². The van der Waals surface area contributed by atoms with Gasteiger partial charge in [-0.2, -0.15) is 0 Å². The minimum absolute atomic E-state index is 0.181. The molecule has 0 saturated heterocycles. The van der Waals surface area contributed by atoms with E-state index in [1.165, 1.54) is 20.2 Å². The van der Waals surface area contributed by atoms with Gasteiger partial charge in [-0.3, -0.25) is 19.3 Å². The average molecular weight is 339 g/mol. The van der Waals surface area contributed by atoms with Crippen molar-refractivity contribution >= 4 is 21.8 Å². The van der Waals surface area contributed by atoms with Gasteiger partial charge in [0, 0.05) is 12.6 Å². The molecule has 1 aliphatic heterocycles. The lowest BCUT2D eigenvalue weighted by molar-refractivity contribution is -0.170. The van der Waals surface area contributed by atoms with Gasteiger partial charge in [-0.05, 0) is 18.6 Å². The number of aliphatic imine (C=N–C) groups is 1. The zero-order valence-electron chi connectivity index (χ0n) is 13.4. The molecule has 7 nitrogen and oxygen atoms in total. The third kappa shape index (κ3) is 3.70. The Hall–Kier alpha value is -1.93. The van der Waals surface area contributed by atoms with Crippen LogP contribution in [0.15, 0.2) is 34.2 Å². The first-order valence-corrected chi connectivity index (χ1v) is 8.90. The van der Waals surface area contributed by atoms with Crippen LogP contribution in [0.3, 0.4) is 0 Å². The lowest BCUT2D eigenvalue weighted by Gasteiger charge is -2.19. The number of nitrogens with one attached hydrogen (secondary N) is 1. The molecule has 0 unspecified atom stereocenters. The summed E-state index contributed by atoms with van der Waals surface area (Å²) >= 11 is 0. The Kier molecular flexibility index (Phi) is 5.38. The number of hydrogen-bond acceptors (Lipinski definition) is 5. The van der Waals surface area contributed by atoms with Crippen LogP contribution in [0, 0.1) is 0 Å². The number of carbonyl (C=O) groups excluding carboxylic acids is 1. The fourth-order valence-corrected chi connectivity index (χ4v) is 3.57. The van der Waals surface area contributed by atoms with Crippen molar-refractivity contribution in [1.29, 1.82) is 0 Å². The molecule has 1 aromatic rings. The molecule has 23 heavy (non-hydrogen) atoms. The Labute approximate surface area is 136 Å². The molecule has 0 saturated carbocycles. The minimum Gasteiger partial charge on any atom is -0.274 e. The normalized spacial score (nSPS) is 18.3. The predicted octanol–water partition coefficient (Wildman–Crippen LogP) is 1.30. The Morgan fingerprint density at radius 1 is 1.39 bits per heavy atom. The molecule has 126 valence electrons. The summed E-state index contributed by atoms with van der Waals surface area (Å²) in [4.78, 5) is 21.8. The number of hydrogen-bond donors (Lipinski definition) is 1. The highest BCUT2D eigenvalue weighted by molar-refractivity contribution is 7.90. The van der Waals surface area contributed by atoms with Crippen LogP contribution in [-0.4, -0.2) is 45.4 Å². The number of likely N-dealkylation sites (N-methyl/N-ethyl adjacent to an activating group) is 1. The van der Waals surface area contributed by atoms with Crippen molar-refractivity contribution in [3.05, 3.63) is 29.8 Å². The van der Waals surface area contributed by atoms with E-state index in [2.05, 4.69) is 9.71 Å². The number of hydroxylamine groups is 2. The summed E-state index contributed by atoms with van der Waals surface area (Å²) in [6.45, 7) is 2.02. The molecular formula is C15H21N3O4S. The van der Waals surface area contributed by atoms with Crippen molar-refractivity contribution in [2.75, 3.05) is 14.2 Å². The third-order valence-electron chi connectivity index (χ3n) is 3.65. The van der Waals surface area contributed by atoms with Gasteiger partial charge < -0.3 is 0 Å². The predicted molar refractivity (Wildman–Crippen MR) is 86.4 cm³/mol. The van der Waals surface area contributed by atoms with Gasteiger partial charge in [0.2, 0.25) is 0 Å². The molecule has 0 spiro atoms. The van der Waals surface area contributed by atoms with Gasteiger partial charge in [0.25, 0.3) is 15.9 Å². The summed E-state index contributed by atoms with van der Waals surface area (Å²) in [5.41, 5.74) is 0.488. The highest BCUT2D eigenvalue weighted by Crippen LogP contribution is 2.23. The standard InChI is InChI=1S/C15H21N3O4S/c1-4-5-9-12(15(19)18(2)22-3)16-14-11-8-6-7-10-13(11)23(20,21)17-14/h6-8,10,12H,4-5,9H2,1-3H3,(H,16,17)/t12-/m1/s1. The summed E-state index contributed by atoms with van der Waals surface area (Å²) in [7, 11) is -0.703. The molecule has 8 heteroatoms. The molecule has 2 rings (SSSR count). The molecule has 1 amide bonds. The van der Waals surface area contributed by atoms with Gasteiger partial charge in [-0.15, -0.1) is 0 Å². The van der Waals surface area contributed by atoms with E-state index in [0.717, 1.165) is 17.9 Å². The van der Waals surface area contributed by atoms with Crippen molar-refractivity contribution in [3.63, 3.8) is 0 Å². The Morgan fingerprint density at radius 2 is 2.09 bits per heavy atom. The first-order chi connectivity index (χ1) is 10.9. The zero-order chi connectivity index (χ0) is 17.0. The Balaban J connectivity index is 2.38. The minimum atomic E-state index is -3.61. The van der Waals surface area contributed by atoms with Crippen molar-refractivity contribution in [2.45, 2.75) is 37.1 Å². The van der Waals surface area contributed by atoms with Crippen LogP contribution in [-0.2, 0) is 19.7 Å². The van der Waals surface area contributed by atoms with Crippen LogP contribution >= 0.6 is 0 Å². The van der Waals surface area contributed by atoms with Crippen LogP contribution < -0.4 is 4.72 Å². The quantitative estimate of drug-likeness (QED) is 0.791. The highest BCUT2D eigenvalue weighted by Gasteiger charge is 2.32. The first kappa shape index (κ1) is 17.4. The molecule has 1 aliphatic rings. The van der Waals surface area contributed by atoms with Crippen LogP contribution in [0.2, 0.25) is 0 Å². The van der Waals surface area contributed by atoms with Gasteiger partial charge in [-0.1, -0.05) is 31.9 Å². The maximum Gasteiger partial charge on any atom is 0.270 e. The maximum absolute atomic E-state index is 12.4. The van der Waals surface area contributed by atoms with Crippen LogP contribution in [0.1, 0.15) is 31.7 Å². The molecule has 1 atom stereocenters. The second-order valence-corrected chi connectivity index (χ2v) is 6.91. The summed E-state index contributed by atoms with van der Waals surface area (Å²) in [6, 6.07) is 5.89. The summed E-state index contributed by atoms with van der Waals surface area (Å²) < 4.78 is 26.6. The van der Waals surface area contributed by atoms with E-state index >= 15 is 0 Å². The number of amides is 1. The number of sulfonamides is 1. The average Bonchev–Trinajstić information content (AvgIpc) is 2.81. The monoisotopic (exact) mass is 339 g/mol. The second kappa shape index (κ2) is 7.10. The lowest BCUT2D eigenvalue weighted by atomic mass is 10.1. The second-order valence-electron chi connectivity index (χ2n) is 5.26. The third-order valence-corrected chi connectivity index (χ3v) is 5.05. The van der Waals surface area contributed by atoms with Gasteiger partial charge in [-0.25, -0.2) is 13.5 Å². The van der Waals surface area contributed by atoms with Crippen LogP contribution in [0.5, 0.6) is 0 Å². The molecule has 1 aromatic carbocycles. The topological polar surface area (TPSA) is 88.1 Å². The Morgan fingerprint density at radius 3 is 2.74 bits per heavy atom. The van der Waals surface area contributed by atoms with Gasteiger partial charge in [0.1, 0.15) is 11.9 Å². The molecule has 0 radical (unpaired) electrons. The van der Waals surface area contributed by atoms with Gasteiger partial charge in [0.05, 0.1) is 12.0 Å². The van der Waals surface area contributed by atoms with E-state index < -0.39 is 16.1 Å². The summed E-state index contributed by atoms with van der Waals surface area (Å²) in [5, 5.41) is 1.11. The largest absolute Gasteiger partial charge is 0.274 e. The molecule has 1 heterocycles. The Bertz CT molecular complexity index is 715. The molecule has 0 bridgehead atoms. The zero-order valence-corrected chi connectivity index (χ0v) is 14.3. The highest BCUT2D eigenvalue weighted by atomic mass is 32.2. The van der Waals surface area contributed by atoms with Crippen molar-refractivity contribution in [3.8, 4) is 0 Å². The molecular weight excluding hydrogens is 318 g/mol. The van der Waals surface area contributed by atoms with Crippen molar-refractivity contribution < 1.29 is 18.0 Å². The number of fused-ring (bicyclic) bond motifs is 1. The number of benzene rings is 1. The van der Waals surface area contributed by atoms with E-state index in [9.17, 15) is 13.2 Å². The van der Waals surface area contributed by atoms with E-state index in [1.807, 2.05) is 6.92 Å². The maximum atomic E-state index is 12.4. The number of carbonyl (C=O) groups is 1.